The van der Waals surface area contributed by atoms with E-state index in [2.05, 4.69) is 26.5 Å². The van der Waals surface area contributed by atoms with E-state index < -0.39 is 66.1 Å². The van der Waals surface area contributed by atoms with Crippen molar-refractivity contribution in [3.63, 3.8) is 0 Å². The molecule has 422 valence electrons. The van der Waals surface area contributed by atoms with Crippen LogP contribution in [0.15, 0.2) is 42.6 Å². The molecule has 6 N–H and O–H groups in total. The minimum absolute atomic E-state index is 0.0614. The molecule has 21 heteroatoms. The number of hydrogen-bond donors (Lipinski definition) is 6. The highest BCUT2D eigenvalue weighted by Crippen LogP contribution is 2.30. The summed E-state index contributed by atoms with van der Waals surface area (Å²) >= 11 is 0. The van der Waals surface area contributed by atoms with Gasteiger partial charge in [0.1, 0.15) is 12.1 Å². The number of fused-ring (bicyclic) bond motifs is 1. The van der Waals surface area contributed by atoms with Crippen LogP contribution in [0.5, 0.6) is 0 Å². The van der Waals surface area contributed by atoms with E-state index in [1.165, 1.54) is 26.4 Å². The summed E-state index contributed by atoms with van der Waals surface area (Å²) in [5, 5.41) is 16.8. The molecule has 2 aliphatic rings. The number of nitrogens with zero attached hydrogens (tertiary/aromatic N) is 4. The Labute approximate surface area is 447 Å². The van der Waals surface area contributed by atoms with Crippen LogP contribution in [0, 0.1) is 23.7 Å². The van der Waals surface area contributed by atoms with Crippen LogP contribution in [0.3, 0.4) is 0 Å². The number of imide groups is 1. The van der Waals surface area contributed by atoms with Gasteiger partial charge < -0.3 is 40.0 Å². The minimum atomic E-state index is -1.21. The van der Waals surface area contributed by atoms with Crippen molar-refractivity contribution in [3.05, 3.63) is 48.2 Å². The molecule has 8 unspecified atom stereocenters. The van der Waals surface area contributed by atoms with Crippen LogP contribution in [0.4, 0.5) is 0 Å². The maximum atomic E-state index is 14.7. The first-order valence-corrected chi connectivity index (χ1v) is 26.9. The van der Waals surface area contributed by atoms with E-state index in [0.29, 0.717) is 58.0 Å². The molecule has 21 nitrogen and oxygen atoms in total. The largest absolute Gasteiger partial charge is 0.480 e. The fraction of sp³-hybridized carbons (Fsp3) is 0.655. The Morgan fingerprint density at radius 1 is 0.829 bits per heavy atom. The molecule has 76 heavy (non-hydrogen) atoms. The van der Waals surface area contributed by atoms with Gasteiger partial charge in [0, 0.05) is 82.9 Å². The van der Waals surface area contributed by atoms with Gasteiger partial charge in [0.05, 0.1) is 42.7 Å². The molecular weight excluding hydrogens is 979 g/mol. The number of aliphatic carboxylic acids is 1. The Balaban J connectivity index is 1.33. The molecule has 9 atom stereocenters. The van der Waals surface area contributed by atoms with E-state index in [1.54, 1.807) is 37.0 Å². The third-order valence-electron chi connectivity index (χ3n) is 15.0. The molecule has 2 aromatic rings. The van der Waals surface area contributed by atoms with Crippen LogP contribution < -0.4 is 21.5 Å². The third-order valence-corrected chi connectivity index (χ3v) is 15.0. The first-order chi connectivity index (χ1) is 36.1. The third kappa shape index (κ3) is 16.9. The summed E-state index contributed by atoms with van der Waals surface area (Å²) in [6.45, 7) is 14.2. The number of carboxylic acid groups (broad SMARTS) is 1. The number of hydrogen-bond acceptors (Lipinski definition) is 12. The van der Waals surface area contributed by atoms with Crippen LogP contribution in [-0.4, -0.2) is 173 Å². The molecule has 1 saturated heterocycles. The summed E-state index contributed by atoms with van der Waals surface area (Å²) in [6.07, 6.45) is 6.84. The predicted octanol–water partition coefficient (Wildman–Crippen LogP) is 3.71. The number of H-pyrrole nitrogens is 1. The van der Waals surface area contributed by atoms with Crippen LogP contribution in [0.25, 0.3) is 10.9 Å². The molecular formula is C55H85N9O12. The number of carbonyl (C=O) groups excluding carboxylic acids is 8. The molecule has 8 amide bonds. The number of nitrogens with one attached hydrogen (secondary N) is 5. The second kappa shape index (κ2) is 29.9. The molecule has 1 fully saturated rings. The highest BCUT2D eigenvalue weighted by molar-refractivity contribution is 6.12. The van der Waals surface area contributed by atoms with Crippen molar-refractivity contribution in [2.45, 2.75) is 162 Å². The summed E-state index contributed by atoms with van der Waals surface area (Å²) in [7, 11) is 6.44. The normalized spacial score (nSPS) is 17.8. The van der Waals surface area contributed by atoms with Gasteiger partial charge in [-0.2, -0.15) is 0 Å². The van der Waals surface area contributed by atoms with Gasteiger partial charge in [0.15, 0.2) is 0 Å². The Morgan fingerprint density at radius 3 is 2.07 bits per heavy atom. The Hall–Kier alpha value is -6.19. The number of unbranched alkanes of at least 4 members (excludes halogenated alkanes) is 2. The lowest BCUT2D eigenvalue weighted by molar-refractivity contribution is -0.148. The average molecular weight is 1060 g/mol. The van der Waals surface area contributed by atoms with Crippen molar-refractivity contribution in [3.8, 4) is 0 Å². The molecule has 0 spiro atoms. The predicted molar refractivity (Wildman–Crippen MR) is 286 cm³/mol. The number of carboxylic acids is 1. The van der Waals surface area contributed by atoms with E-state index in [9.17, 15) is 48.3 Å². The maximum Gasteiger partial charge on any atom is 0.326 e. The average Bonchev–Trinajstić information content (AvgIpc) is 4.12. The van der Waals surface area contributed by atoms with Crippen molar-refractivity contribution in [2.24, 2.45) is 23.7 Å². The van der Waals surface area contributed by atoms with Gasteiger partial charge >= 0.3 is 5.97 Å². The Kier molecular flexibility index (Phi) is 24.6. The van der Waals surface area contributed by atoms with Crippen molar-refractivity contribution in [1.29, 1.82) is 0 Å². The van der Waals surface area contributed by atoms with Gasteiger partial charge in [-0.25, -0.2) is 4.79 Å². The highest BCUT2D eigenvalue weighted by Gasteiger charge is 2.44. The molecule has 4 rings (SSSR count). The number of ether oxygens (including phenoxy) is 2. The van der Waals surface area contributed by atoms with Gasteiger partial charge in [0.2, 0.25) is 35.4 Å². The smallest absolute Gasteiger partial charge is 0.326 e. The number of amides is 8. The van der Waals surface area contributed by atoms with E-state index in [0.717, 1.165) is 21.4 Å². The number of likely N-dealkylation sites (N-methyl/N-ethyl adjacent to an activating group) is 2. The monoisotopic (exact) mass is 1060 g/mol. The topological polar surface area (TPSA) is 269 Å². The Morgan fingerprint density at radius 2 is 1.47 bits per heavy atom. The SMILES string of the molecule is CCC(C)C(C(CC(=O)N1CCC[C@H]1C(OC)C(C)C(=O)NC(Cc1c[nH]c2ccccc12)C(=O)O)OC)N(C)C(=O)C(NC(=O)C(C(C)C)N(C)CCCC(=O)NNC(=O)CCCCCN1C(=O)C=CC1=O)C(C)C. The van der Waals surface area contributed by atoms with Gasteiger partial charge in [0.25, 0.3) is 11.8 Å². The molecule has 0 bridgehead atoms. The first-order valence-electron chi connectivity index (χ1n) is 26.9. The lowest BCUT2D eigenvalue weighted by Crippen LogP contribution is -2.60. The maximum absolute atomic E-state index is 14.7. The summed E-state index contributed by atoms with van der Waals surface area (Å²) in [4.78, 5) is 127. The fourth-order valence-electron chi connectivity index (χ4n) is 10.6. The second-order valence-electron chi connectivity index (χ2n) is 21.1. The highest BCUT2D eigenvalue weighted by atomic mass is 16.5. The summed E-state index contributed by atoms with van der Waals surface area (Å²) in [5.74, 6) is -5.54. The number of aromatic amines is 1. The summed E-state index contributed by atoms with van der Waals surface area (Å²) < 4.78 is 12.0. The quantitative estimate of drug-likeness (QED) is 0.0358. The molecule has 0 aliphatic carbocycles. The van der Waals surface area contributed by atoms with Crippen molar-refractivity contribution < 1.29 is 57.7 Å². The number of carbonyl (C=O) groups is 9. The number of hydrazine groups is 1. The lowest BCUT2D eigenvalue weighted by atomic mass is 9.89. The fourth-order valence-corrected chi connectivity index (χ4v) is 10.6. The number of aromatic nitrogens is 1. The molecule has 1 aromatic carbocycles. The van der Waals surface area contributed by atoms with E-state index in [4.69, 9.17) is 9.47 Å². The first kappa shape index (κ1) is 62.4. The van der Waals surface area contributed by atoms with E-state index >= 15 is 0 Å². The van der Waals surface area contributed by atoms with Crippen molar-refractivity contribution in [1.82, 2.24) is 46.1 Å². The zero-order valence-electron chi connectivity index (χ0n) is 46.5. The summed E-state index contributed by atoms with van der Waals surface area (Å²) in [6, 6.07) is 3.66. The molecule has 0 radical (unpaired) electrons. The van der Waals surface area contributed by atoms with Gasteiger partial charge in [-0.05, 0) is 75.1 Å². The van der Waals surface area contributed by atoms with Gasteiger partial charge in [-0.1, -0.05) is 79.5 Å². The lowest BCUT2D eigenvalue weighted by Gasteiger charge is -2.41. The van der Waals surface area contributed by atoms with Crippen molar-refractivity contribution in [2.75, 3.05) is 47.9 Å². The number of methoxy groups -OCH3 is 2. The summed E-state index contributed by atoms with van der Waals surface area (Å²) in [5.41, 5.74) is 6.46. The molecule has 2 aliphatic heterocycles. The van der Waals surface area contributed by atoms with E-state index in [1.807, 2.05) is 70.7 Å². The van der Waals surface area contributed by atoms with Crippen LogP contribution in [0.1, 0.15) is 118 Å². The minimum Gasteiger partial charge on any atom is -0.480 e. The number of likely N-dealkylation sites (tertiary alicyclic amines) is 1. The van der Waals surface area contributed by atoms with Crippen molar-refractivity contribution >= 4 is 64.1 Å². The molecule has 0 saturated carbocycles. The number of benzene rings is 1. The van der Waals surface area contributed by atoms with E-state index in [-0.39, 0.29) is 85.4 Å². The molecule has 1 aromatic heterocycles. The zero-order valence-corrected chi connectivity index (χ0v) is 46.5. The molecule has 3 heterocycles. The second-order valence-corrected chi connectivity index (χ2v) is 21.1. The van der Waals surface area contributed by atoms with Crippen LogP contribution in [-0.2, 0) is 59.0 Å². The number of para-hydroxylation sites is 1. The van der Waals surface area contributed by atoms with Crippen LogP contribution in [0.2, 0.25) is 0 Å². The standard InChI is InChI=1S/C55H85N9O12/c1-12-35(6)50(42(75-10)31-47(69)63-29-18-22-41(63)51(76-11)36(7)52(70)57-40(55(73)74)30-37-32-56-39-21-16-15-20-38(37)39)62(9)54(72)48(33(2)3)58-53(71)49(34(4)5)61(8)27-19-24-44(66)60-59-43(65)23-14-13-17-28-64-45(67)25-26-46(64)68/h15-16,20-21,25-26,32-36,40-42,48-51,56H,12-14,17-19,22-24,27-31H2,1-11H3,(H,57,70)(H,58,71)(H,59,65)(H,60,66)(H,73,74)/t35?,36?,40?,41-,42?,48?,49?,50?,51?/m0/s1. The number of rotatable bonds is 31. The van der Waals surface area contributed by atoms with Gasteiger partial charge in [-0.15, -0.1) is 0 Å². The zero-order chi connectivity index (χ0) is 56.4. The Bertz CT molecular complexity index is 2340. The van der Waals surface area contributed by atoms with Gasteiger partial charge in [-0.3, -0.25) is 59.0 Å². The van der Waals surface area contributed by atoms with Crippen LogP contribution >= 0.6 is 0 Å².